The highest BCUT2D eigenvalue weighted by atomic mass is 79.9. The van der Waals surface area contributed by atoms with E-state index in [1.54, 1.807) is 36.4 Å². The van der Waals surface area contributed by atoms with Gasteiger partial charge in [0, 0.05) is 33.8 Å². The van der Waals surface area contributed by atoms with Crippen LogP contribution in [0.1, 0.15) is 27.3 Å². The van der Waals surface area contributed by atoms with Crippen LogP contribution >= 0.6 is 15.9 Å². The molecule has 0 bridgehead atoms. The van der Waals surface area contributed by atoms with Crippen LogP contribution in [-0.4, -0.2) is 25.4 Å². The zero-order valence-corrected chi connectivity index (χ0v) is 22.4. The molecule has 1 aliphatic rings. The molecule has 41 heavy (non-hydrogen) atoms. The minimum atomic E-state index is -4.77. The summed E-state index contributed by atoms with van der Waals surface area (Å²) in [5.74, 6) is -0.418. The summed E-state index contributed by atoms with van der Waals surface area (Å²) >= 11 is 3.31. The minimum absolute atomic E-state index is 0.00664. The van der Waals surface area contributed by atoms with Crippen molar-refractivity contribution in [3.63, 3.8) is 0 Å². The summed E-state index contributed by atoms with van der Waals surface area (Å²) in [7, 11) is 0. The van der Waals surface area contributed by atoms with Gasteiger partial charge in [-0.15, -0.1) is 0 Å². The van der Waals surface area contributed by atoms with Crippen molar-refractivity contribution in [2.45, 2.75) is 19.0 Å². The van der Waals surface area contributed by atoms with E-state index in [2.05, 4.69) is 31.3 Å². The third-order valence-electron chi connectivity index (χ3n) is 6.53. The van der Waals surface area contributed by atoms with Crippen LogP contribution in [0.4, 0.5) is 24.5 Å². The molecule has 13 heteroatoms. The van der Waals surface area contributed by atoms with Gasteiger partial charge in [-0.1, -0.05) is 40.2 Å². The normalized spacial score (nSPS) is 12.5. The number of nitro groups is 1. The minimum Gasteiger partial charge on any atom is -0.457 e. The molecule has 0 radical (unpaired) electrons. The highest BCUT2D eigenvalue weighted by Crippen LogP contribution is 2.40. The van der Waals surface area contributed by atoms with Gasteiger partial charge in [-0.2, -0.15) is 18.3 Å². The van der Waals surface area contributed by atoms with E-state index in [1.165, 1.54) is 12.1 Å². The first-order chi connectivity index (χ1) is 19.6. The number of hydrogen-bond donors (Lipinski definition) is 1. The fraction of sp³-hybridized carbons (Fsp3) is 0.107. The molecule has 5 aromatic rings. The van der Waals surface area contributed by atoms with Crippen LogP contribution in [-0.2, 0) is 19.0 Å². The van der Waals surface area contributed by atoms with Gasteiger partial charge in [0.15, 0.2) is 17.0 Å². The summed E-state index contributed by atoms with van der Waals surface area (Å²) < 4.78 is 50.2. The fourth-order valence-electron chi connectivity index (χ4n) is 4.78. The number of nitro benzene ring substituents is 1. The monoisotopic (exact) mass is 623 g/mol. The van der Waals surface area contributed by atoms with E-state index in [1.807, 2.05) is 12.1 Å². The molecule has 9 nitrogen and oxygen atoms in total. The first-order valence-corrected chi connectivity index (χ1v) is 13.0. The van der Waals surface area contributed by atoms with Crippen LogP contribution in [0.2, 0.25) is 0 Å². The molecule has 6 rings (SSSR count). The van der Waals surface area contributed by atoms with E-state index in [0.29, 0.717) is 22.2 Å². The lowest BCUT2D eigenvalue weighted by Gasteiger charge is -2.23. The van der Waals surface area contributed by atoms with Gasteiger partial charge in [0.2, 0.25) is 0 Å². The number of carbonyl (C=O) groups is 1. The van der Waals surface area contributed by atoms with Crippen molar-refractivity contribution in [3.05, 3.63) is 110 Å². The van der Waals surface area contributed by atoms with E-state index < -0.39 is 22.7 Å². The lowest BCUT2D eigenvalue weighted by molar-refractivity contribution is -0.384. The van der Waals surface area contributed by atoms with Crippen LogP contribution < -0.4 is 10.1 Å². The molecule has 3 aromatic carbocycles. The molecule has 0 atom stereocenters. The maximum Gasteiger partial charge on any atom is 0.433 e. The number of halogens is 4. The van der Waals surface area contributed by atoms with Crippen LogP contribution in [0.25, 0.3) is 16.9 Å². The average molecular weight is 624 g/mol. The number of nitrogens with one attached hydrogen (secondary N) is 1. The number of alkyl halides is 3. The van der Waals surface area contributed by atoms with Gasteiger partial charge in [-0.05, 0) is 42.7 Å². The Morgan fingerprint density at radius 1 is 1.02 bits per heavy atom. The van der Waals surface area contributed by atoms with E-state index in [-0.39, 0.29) is 46.1 Å². The molecule has 0 spiro atoms. The highest BCUT2D eigenvalue weighted by Gasteiger charge is 2.40. The predicted molar refractivity (Wildman–Crippen MR) is 146 cm³/mol. The Kier molecular flexibility index (Phi) is 6.45. The fourth-order valence-corrected chi connectivity index (χ4v) is 5.05. The maximum atomic E-state index is 14.3. The number of ether oxygens (including phenoxy) is 1. The summed E-state index contributed by atoms with van der Waals surface area (Å²) in [5, 5.41) is 17.9. The lowest BCUT2D eigenvalue weighted by Crippen LogP contribution is -2.21. The quantitative estimate of drug-likeness (QED) is 0.163. The molecule has 0 unspecified atom stereocenters. The van der Waals surface area contributed by atoms with Gasteiger partial charge in [0.25, 0.3) is 11.6 Å². The Bertz CT molecular complexity index is 1850. The first-order valence-electron chi connectivity index (χ1n) is 12.2. The van der Waals surface area contributed by atoms with Crippen LogP contribution in [0, 0.1) is 10.1 Å². The number of aromatic nitrogens is 3. The molecule has 1 N–H and O–H groups in total. The molecular formula is C28H17BrF3N5O4. The molecule has 2 aromatic heterocycles. The van der Waals surface area contributed by atoms with E-state index >= 15 is 0 Å². The van der Waals surface area contributed by atoms with Crippen molar-refractivity contribution < 1.29 is 27.6 Å². The van der Waals surface area contributed by atoms with Gasteiger partial charge < -0.3 is 10.1 Å². The van der Waals surface area contributed by atoms with Crippen LogP contribution in [0.5, 0.6) is 11.5 Å². The van der Waals surface area contributed by atoms with Crippen molar-refractivity contribution in [3.8, 4) is 22.8 Å². The molecular weight excluding hydrogens is 607 g/mol. The van der Waals surface area contributed by atoms with Crippen molar-refractivity contribution in [1.29, 1.82) is 0 Å². The summed E-state index contributed by atoms with van der Waals surface area (Å²) in [5.41, 5.74) is -0.177. The summed E-state index contributed by atoms with van der Waals surface area (Å²) in [4.78, 5) is 28.5. The number of amides is 1. The van der Waals surface area contributed by atoms with Crippen LogP contribution in [0.15, 0.2) is 77.3 Å². The molecule has 0 saturated carbocycles. The Morgan fingerprint density at radius 2 is 1.78 bits per heavy atom. The highest BCUT2D eigenvalue weighted by molar-refractivity contribution is 9.10. The van der Waals surface area contributed by atoms with Crippen molar-refractivity contribution in [2.75, 3.05) is 5.32 Å². The summed E-state index contributed by atoms with van der Waals surface area (Å²) in [6.45, 7) is 0. The smallest absolute Gasteiger partial charge is 0.433 e. The zero-order chi connectivity index (χ0) is 28.9. The summed E-state index contributed by atoms with van der Waals surface area (Å²) in [6.07, 6.45) is -4.25. The van der Waals surface area contributed by atoms with Crippen molar-refractivity contribution in [2.24, 2.45) is 0 Å². The predicted octanol–water partition coefficient (Wildman–Crippen LogP) is 7.23. The number of benzene rings is 3. The van der Waals surface area contributed by atoms with Crippen LogP contribution in [0.3, 0.4) is 0 Å². The number of nitrogens with zero attached hydrogens (tertiary/aromatic N) is 4. The second-order valence-electron chi connectivity index (χ2n) is 9.22. The first kappa shape index (κ1) is 26.4. The van der Waals surface area contributed by atoms with Gasteiger partial charge in [0.1, 0.15) is 11.5 Å². The Hall–Kier alpha value is -4.78. The number of non-ortho nitro benzene ring substituents is 1. The second kappa shape index (κ2) is 10.0. The second-order valence-corrected chi connectivity index (χ2v) is 10.1. The number of fused-ring (bicyclic) bond motifs is 4. The average Bonchev–Trinajstić information content (AvgIpc) is 3.36. The summed E-state index contributed by atoms with van der Waals surface area (Å²) in [6, 6.07) is 18.6. The SMILES string of the molecule is O=C(Nc1cc(Oc2ccc(Br)cc2)cc([N+](=O)[O-])c1)c1cc2nc3c(c(C(F)(F)F)n2n1)CCc1ccccc1-3. The topological polar surface area (TPSA) is 112 Å². The van der Waals surface area contributed by atoms with Gasteiger partial charge in [-0.25, -0.2) is 9.50 Å². The lowest BCUT2D eigenvalue weighted by atomic mass is 9.88. The van der Waals surface area contributed by atoms with Gasteiger partial charge >= 0.3 is 6.18 Å². The van der Waals surface area contributed by atoms with E-state index in [0.717, 1.165) is 22.2 Å². The third-order valence-corrected chi connectivity index (χ3v) is 7.06. The van der Waals surface area contributed by atoms with Gasteiger partial charge in [0.05, 0.1) is 22.4 Å². The number of hydrogen-bond acceptors (Lipinski definition) is 6. The third kappa shape index (κ3) is 5.11. The van der Waals surface area contributed by atoms with Crippen molar-refractivity contribution >= 4 is 38.9 Å². The molecule has 1 amide bonds. The van der Waals surface area contributed by atoms with E-state index in [4.69, 9.17) is 4.74 Å². The number of carbonyl (C=O) groups excluding carboxylic acids is 1. The molecule has 206 valence electrons. The van der Waals surface area contributed by atoms with E-state index in [9.17, 15) is 28.1 Å². The molecule has 1 aliphatic carbocycles. The Labute approximate surface area is 237 Å². The molecule has 0 aliphatic heterocycles. The molecule has 0 fully saturated rings. The Morgan fingerprint density at radius 3 is 2.51 bits per heavy atom. The molecule has 0 saturated heterocycles. The molecule has 2 heterocycles. The largest absolute Gasteiger partial charge is 0.457 e. The maximum absolute atomic E-state index is 14.3. The number of aryl methyl sites for hydroxylation is 1. The zero-order valence-electron chi connectivity index (χ0n) is 20.8. The standard InChI is InChI=1S/C28H17BrF3N5O4/c29-16-6-8-19(9-7-16)41-20-12-17(11-18(13-20)37(39)40)33-27(38)23-14-24-34-25-21-4-2-1-3-15(21)5-10-22(25)26(28(30,31)32)36(24)35-23/h1-4,6-9,11-14H,5,10H2,(H,33,38). The van der Waals surface area contributed by atoms with Gasteiger partial charge in [-0.3, -0.25) is 14.9 Å². The van der Waals surface area contributed by atoms with Crippen molar-refractivity contribution in [1.82, 2.24) is 14.6 Å². The number of anilines is 1. The Balaban J connectivity index is 1.38. The number of rotatable bonds is 5.